The van der Waals surface area contributed by atoms with E-state index in [0.29, 0.717) is 19.6 Å². The Hall–Kier alpha value is -1.40. The van der Waals surface area contributed by atoms with E-state index in [2.05, 4.69) is 17.2 Å². The monoisotopic (exact) mass is 229 g/mol. The summed E-state index contributed by atoms with van der Waals surface area (Å²) in [6.07, 6.45) is 1.52. The van der Waals surface area contributed by atoms with E-state index in [1.54, 1.807) is 4.90 Å². The van der Waals surface area contributed by atoms with Gasteiger partial charge >= 0.3 is 6.03 Å². The molecule has 0 aliphatic carbocycles. The molecule has 0 aromatic heterocycles. The lowest BCUT2D eigenvalue weighted by atomic mass is 10.4. The number of aliphatic hydroxyl groups is 1. The van der Waals surface area contributed by atoms with Crippen LogP contribution in [0.1, 0.15) is 6.92 Å². The van der Waals surface area contributed by atoms with E-state index in [0.717, 1.165) is 0 Å². The molecular formula is C10H19N3O3. The fourth-order valence-corrected chi connectivity index (χ4v) is 1.07. The number of nitrogens with zero attached hydrogens (tertiary/aromatic N) is 1. The van der Waals surface area contributed by atoms with Crippen LogP contribution in [0, 0.1) is 0 Å². The van der Waals surface area contributed by atoms with Crippen molar-refractivity contribution < 1.29 is 14.7 Å². The Bertz CT molecular complexity index is 243. The van der Waals surface area contributed by atoms with Crippen LogP contribution in [0.5, 0.6) is 0 Å². The Labute approximate surface area is 95.3 Å². The van der Waals surface area contributed by atoms with Crippen molar-refractivity contribution in [2.45, 2.75) is 6.92 Å². The Morgan fingerprint density at radius 1 is 1.50 bits per heavy atom. The molecule has 92 valence electrons. The summed E-state index contributed by atoms with van der Waals surface area (Å²) < 4.78 is 0. The van der Waals surface area contributed by atoms with Crippen molar-refractivity contribution in [1.29, 1.82) is 0 Å². The average Bonchev–Trinajstić information content (AvgIpc) is 2.25. The number of likely N-dealkylation sites (N-methyl/N-ethyl adjacent to an activating group) is 1. The zero-order valence-electron chi connectivity index (χ0n) is 9.53. The third-order valence-corrected chi connectivity index (χ3v) is 1.89. The zero-order chi connectivity index (χ0) is 12.4. The SMILES string of the molecule is C=CCNC(=O)NC(=O)CN(CC)CCO. The van der Waals surface area contributed by atoms with Crippen molar-refractivity contribution in [3.8, 4) is 0 Å². The minimum absolute atomic E-state index is 0.0101. The second-order valence-corrected chi connectivity index (χ2v) is 3.14. The van der Waals surface area contributed by atoms with E-state index in [4.69, 9.17) is 5.11 Å². The molecule has 0 saturated heterocycles. The van der Waals surface area contributed by atoms with Gasteiger partial charge in [-0.15, -0.1) is 6.58 Å². The van der Waals surface area contributed by atoms with Crippen LogP contribution in [-0.2, 0) is 4.79 Å². The molecular weight excluding hydrogens is 210 g/mol. The van der Waals surface area contributed by atoms with Gasteiger partial charge in [0.1, 0.15) is 0 Å². The first-order valence-corrected chi connectivity index (χ1v) is 5.15. The van der Waals surface area contributed by atoms with Crippen LogP contribution >= 0.6 is 0 Å². The maximum atomic E-state index is 11.3. The summed E-state index contributed by atoms with van der Waals surface area (Å²) in [5, 5.41) is 13.3. The van der Waals surface area contributed by atoms with Gasteiger partial charge < -0.3 is 10.4 Å². The summed E-state index contributed by atoms with van der Waals surface area (Å²) in [4.78, 5) is 24.2. The van der Waals surface area contributed by atoms with Gasteiger partial charge in [-0.2, -0.15) is 0 Å². The number of hydrogen-bond acceptors (Lipinski definition) is 4. The highest BCUT2D eigenvalue weighted by atomic mass is 16.3. The van der Waals surface area contributed by atoms with Crippen LogP contribution in [0.15, 0.2) is 12.7 Å². The van der Waals surface area contributed by atoms with E-state index >= 15 is 0 Å². The molecule has 6 nitrogen and oxygen atoms in total. The van der Waals surface area contributed by atoms with Gasteiger partial charge in [-0.25, -0.2) is 4.79 Å². The van der Waals surface area contributed by atoms with Crippen LogP contribution < -0.4 is 10.6 Å². The van der Waals surface area contributed by atoms with E-state index in [1.165, 1.54) is 6.08 Å². The molecule has 16 heavy (non-hydrogen) atoms. The lowest BCUT2D eigenvalue weighted by Gasteiger charge is -2.17. The van der Waals surface area contributed by atoms with Gasteiger partial charge in [0.25, 0.3) is 0 Å². The van der Waals surface area contributed by atoms with Crippen LogP contribution in [0.2, 0.25) is 0 Å². The molecule has 0 aliphatic heterocycles. The highest BCUT2D eigenvalue weighted by molar-refractivity contribution is 5.95. The van der Waals surface area contributed by atoms with E-state index in [9.17, 15) is 9.59 Å². The standard InChI is InChI=1S/C10H19N3O3/c1-3-5-11-10(16)12-9(15)8-13(4-2)6-7-14/h3,14H,1,4-8H2,2H3,(H2,11,12,15,16). The second kappa shape index (κ2) is 8.87. The predicted octanol–water partition coefficient (Wildman–Crippen LogP) is -0.688. The third-order valence-electron chi connectivity index (χ3n) is 1.89. The topological polar surface area (TPSA) is 81.7 Å². The van der Waals surface area contributed by atoms with Crippen LogP contribution in [0.4, 0.5) is 4.79 Å². The van der Waals surface area contributed by atoms with Crippen LogP contribution in [0.25, 0.3) is 0 Å². The number of amides is 3. The smallest absolute Gasteiger partial charge is 0.321 e. The first-order chi connectivity index (χ1) is 7.63. The van der Waals surface area contributed by atoms with E-state index < -0.39 is 11.9 Å². The molecule has 0 saturated carbocycles. The number of rotatable bonds is 7. The number of carbonyl (C=O) groups is 2. The fourth-order valence-electron chi connectivity index (χ4n) is 1.07. The summed E-state index contributed by atoms with van der Waals surface area (Å²) in [5.74, 6) is -0.392. The highest BCUT2D eigenvalue weighted by Gasteiger charge is 2.10. The lowest BCUT2D eigenvalue weighted by Crippen LogP contribution is -2.45. The quantitative estimate of drug-likeness (QED) is 0.505. The number of carbonyl (C=O) groups excluding carboxylic acids is 2. The van der Waals surface area contributed by atoms with Gasteiger partial charge in [0.2, 0.25) is 5.91 Å². The highest BCUT2D eigenvalue weighted by Crippen LogP contribution is 1.86. The Kier molecular flexibility index (Phi) is 8.10. The van der Waals surface area contributed by atoms with Gasteiger partial charge in [0, 0.05) is 13.1 Å². The second-order valence-electron chi connectivity index (χ2n) is 3.14. The lowest BCUT2D eigenvalue weighted by molar-refractivity contribution is -0.121. The molecule has 0 fully saturated rings. The zero-order valence-corrected chi connectivity index (χ0v) is 9.53. The summed E-state index contributed by atoms with van der Waals surface area (Å²) in [7, 11) is 0. The molecule has 0 atom stereocenters. The molecule has 6 heteroatoms. The Morgan fingerprint density at radius 2 is 2.19 bits per heavy atom. The molecule has 0 aliphatic rings. The van der Waals surface area contributed by atoms with Gasteiger partial charge in [-0.05, 0) is 6.54 Å². The molecule has 3 N–H and O–H groups in total. The van der Waals surface area contributed by atoms with Crippen LogP contribution in [0.3, 0.4) is 0 Å². The van der Waals surface area contributed by atoms with Gasteiger partial charge in [-0.3, -0.25) is 15.0 Å². The molecule has 0 aromatic rings. The molecule has 3 amide bonds. The molecule has 0 bridgehead atoms. The predicted molar refractivity (Wildman–Crippen MR) is 60.9 cm³/mol. The van der Waals surface area contributed by atoms with Crippen molar-refractivity contribution in [3.05, 3.63) is 12.7 Å². The Morgan fingerprint density at radius 3 is 2.69 bits per heavy atom. The Balaban J connectivity index is 3.87. The molecule has 0 unspecified atom stereocenters. The van der Waals surface area contributed by atoms with Crippen molar-refractivity contribution in [2.24, 2.45) is 0 Å². The maximum absolute atomic E-state index is 11.3. The van der Waals surface area contributed by atoms with Crippen molar-refractivity contribution in [1.82, 2.24) is 15.5 Å². The minimum Gasteiger partial charge on any atom is -0.395 e. The van der Waals surface area contributed by atoms with E-state index in [1.807, 2.05) is 6.92 Å². The molecule has 0 spiro atoms. The molecule has 0 radical (unpaired) electrons. The number of aliphatic hydroxyl groups excluding tert-OH is 1. The van der Waals surface area contributed by atoms with Gasteiger partial charge in [0.05, 0.1) is 13.2 Å². The molecule has 0 aromatic carbocycles. The minimum atomic E-state index is -0.537. The molecule has 0 rings (SSSR count). The van der Waals surface area contributed by atoms with E-state index in [-0.39, 0.29) is 13.2 Å². The summed E-state index contributed by atoms with van der Waals surface area (Å²) in [6, 6.07) is -0.537. The number of imide groups is 1. The third kappa shape index (κ3) is 6.97. The average molecular weight is 229 g/mol. The fraction of sp³-hybridized carbons (Fsp3) is 0.600. The first kappa shape index (κ1) is 14.6. The number of urea groups is 1. The maximum Gasteiger partial charge on any atom is 0.321 e. The van der Waals surface area contributed by atoms with Crippen molar-refractivity contribution >= 4 is 11.9 Å². The number of hydrogen-bond donors (Lipinski definition) is 3. The summed E-state index contributed by atoms with van der Waals surface area (Å²) in [6.45, 7) is 6.76. The van der Waals surface area contributed by atoms with Gasteiger partial charge in [-0.1, -0.05) is 13.0 Å². The molecule has 0 heterocycles. The first-order valence-electron chi connectivity index (χ1n) is 5.15. The summed E-state index contributed by atoms with van der Waals surface area (Å²) in [5.41, 5.74) is 0. The normalized spacial score (nSPS) is 9.94. The number of nitrogens with one attached hydrogen (secondary N) is 2. The van der Waals surface area contributed by atoms with Crippen LogP contribution in [-0.4, -0.2) is 54.7 Å². The largest absolute Gasteiger partial charge is 0.395 e. The summed E-state index contributed by atoms with van der Waals surface area (Å²) >= 11 is 0. The van der Waals surface area contributed by atoms with Gasteiger partial charge in [0.15, 0.2) is 0 Å². The van der Waals surface area contributed by atoms with Crippen molar-refractivity contribution in [2.75, 3.05) is 32.8 Å². The van der Waals surface area contributed by atoms with Crippen molar-refractivity contribution in [3.63, 3.8) is 0 Å².